The molecule has 1 fully saturated rings. The highest BCUT2D eigenvalue weighted by molar-refractivity contribution is 7.99. The lowest BCUT2D eigenvalue weighted by Crippen LogP contribution is -2.26. The molecule has 38 heavy (non-hydrogen) atoms. The number of halogens is 1. The molecule has 4 aromatic rings. The minimum Gasteiger partial charge on any atom is -0.305 e. The summed E-state index contributed by atoms with van der Waals surface area (Å²) in [7, 11) is 2.07. The van der Waals surface area contributed by atoms with E-state index in [1.165, 1.54) is 41.5 Å². The summed E-state index contributed by atoms with van der Waals surface area (Å²) in [5.74, 6) is 2.63. The van der Waals surface area contributed by atoms with E-state index < -0.39 is 0 Å². The number of aromatic nitrogens is 5. The van der Waals surface area contributed by atoms with Crippen molar-refractivity contribution in [2.24, 2.45) is 13.0 Å². The lowest BCUT2D eigenvalue weighted by Gasteiger charge is -2.21. The average Bonchev–Trinajstić information content (AvgIpc) is 3.42. The third-order valence-electron chi connectivity index (χ3n) is 7.66. The molecule has 1 aliphatic heterocycles. The summed E-state index contributed by atoms with van der Waals surface area (Å²) in [5.41, 5.74) is 6.11. The van der Waals surface area contributed by atoms with Crippen LogP contribution in [-0.2, 0) is 19.9 Å². The Morgan fingerprint density at radius 2 is 2.00 bits per heavy atom. The van der Waals surface area contributed by atoms with E-state index in [1.807, 2.05) is 30.0 Å². The van der Waals surface area contributed by atoms with Gasteiger partial charge in [-0.15, -0.1) is 33.9 Å². The van der Waals surface area contributed by atoms with Crippen LogP contribution in [0.25, 0.3) is 28.4 Å². The molecule has 6 rings (SSSR count). The molecule has 0 amide bonds. The molecule has 0 saturated carbocycles. The van der Waals surface area contributed by atoms with Crippen molar-refractivity contribution in [3.8, 4) is 11.4 Å². The third-order valence-corrected chi connectivity index (χ3v) is 9.96. The van der Waals surface area contributed by atoms with Gasteiger partial charge < -0.3 is 9.47 Å². The summed E-state index contributed by atoms with van der Waals surface area (Å²) in [5, 5.41) is 12.5. The van der Waals surface area contributed by atoms with Gasteiger partial charge in [0, 0.05) is 36.0 Å². The molecule has 9 heteroatoms. The van der Waals surface area contributed by atoms with Crippen LogP contribution in [0.5, 0.6) is 0 Å². The molecule has 3 aromatic heterocycles. The van der Waals surface area contributed by atoms with E-state index in [-0.39, 0.29) is 12.4 Å². The molecule has 1 aromatic carbocycles. The monoisotopic (exact) mass is 566 g/mol. The predicted octanol–water partition coefficient (Wildman–Crippen LogP) is 6.61. The predicted molar refractivity (Wildman–Crippen MR) is 161 cm³/mol. The minimum absolute atomic E-state index is 0. The lowest BCUT2D eigenvalue weighted by atomic mass is 9.85. The van der Waals surface area contributed by atoms with Gasteiger partial charge in [-0.05, 0) is 76.2 Å². The zero-order valence-electron chi connectivity index (χ0n) is 22.3. The summed E-state index contributed by atoms with van der Waals surface area (Å²) in [6, 6.07) is 10.4. The summed E-state index contributed by atoms with van der Waals surface area (Å²) < 4.78 is 2.12. The molecule has 6 nitrogen and oxygen atoms in total. The van der Waals surface area contributed by atoms with Crippen molar-refractivity contribution in [1.29, 1.82) is 0 Å². The highest BCUT2D eigenvalue weighted by Gasteiger charge is 2.27. The van der Waals surface area contributed by atoms with Gasteiger partial charge in [-0.3, -0.25) is 4.98 Å². The number of thiazole rings is 1. The fraction of sp³-hybridized carbons (Fsp3) is 0.448. The van der Waals surface area contributed by atoms with Crippen LogP contribution in [-0.4, -0.2) is 55.0 Å². The second kappa shape index (κ2) is 11.9. The highest BCUT2D eigenvalue weighted by Crippen LogP contribution is 2.37. The minimum atomic E-state index is 0. The van der Waals surface area contributed by atoms with Crippen LogP contribution in [0, 0.1) is 12.8 Å². The Morgan fingerprint density at radius 1 is 1.11 bits per heavy atom. The Morgan fingerprint density at radius 3 is 2.87 bits per heavy atom. The molecule has 4 heterocycles. The van der Waals surface area contributed by atoms with Gasteiger partial charge in [-0.2, -0.15) is 0 Å². The maximum atomic E-state index is 4.89. The van der Waals surface area contributed by atoms with Gasteiger partial charge in [-0.25, -0.2) is 4.98 Å². The third kappa shape index (κ3) is 5.55. The van der Waals surface area contributed by atoms with Crippen LogP contribution in [0.1, 0.15) is 47.5 Å². The smallest absolute Gasteiger partial charge is 0.191 e. The first-order chi connectivity index (χ1) is 18.1. The molecule has 2 aliphatic rings. The second-order valence-corrected chi connectivity index (χ2v) is 12.3. The molecule has 0 bridgehead atoms. The van der Waals surface area contributed by atoms with Crippen LogP contribution in [0.3, 0.4) is 0 Å². The fourth-order valence-corrected chi connectivity index (χ4v) is 7.42. The van der Waals surface area contributed by atoms with E-state index >= 15 is 0 Å². The molecule has 0 N–H and O–H groups in total. The van der Waals surface area contributed by atoms with Gasteiger partial charge in [0.1, 0.15) is 0 Å². The molecule has 1 aliphatic carbocycles. The van der Waals surface area contributed by atoms with Gasteiger partial charge in [0.05, 0.1) is 21.1 Å². The first-order valence-electron chi connectivity index (χ1n) is 13.4. The number of likely N-dealkylation sites (tertiary alicyclic amines) is 1. The number of nitrogens with zero attached hydrogens (tertiary/aromatic N) is 6. The molecule has 1 atom stereocenters. The van der Waals surface area contributed by atoms with E-state index in [1.54, 1.807) is 5.57 Å². The fourth-order valence-electron chi connectivity index (χ4n) is 5.58. The Bertz CT molecular complexity index is 1460. The van der Waals surface area contributed by atoms with Crippen molar-refractivity contribution in [3.05, 3.63) is 57.2 Å². The summed E-state index contributed by atoms with van der Waals surface area (Å²) >= 11 is 3.70. The van der Waals surface area contributed by atoms with E-state index in [9.17, 15) is 0 Å². The SMILES string of the molecule is CCc1nc2c(s1)C=C1CCN(CCCSc3nnc(-c4cccc5nc(C)ccc45)n3C)CCC1C2.Cl. The number of fused-ring (bicyclic) bond motifs is 3. The maximum absolute atomic E-state index is 4.89. The molecule has 200 valence electrons. The number of hydrogen-bond donors (Lipinski definition) is 0. The number of benzene rings is 1. The maximum Gasteiger partial charge on any atom is 0.191 e. The van der Waals surface area contributed by atoms with Crippen LogP contribution in [0.2, 0.25) is 0 Å². The quantitative estimate of drug-likeness (QED) is 0.185. The van der Waals surface area contributed by atoms with Crippen molar-refractivity contribution in [2.75, 3.05) is 25.4 Å². The summed E-state index contributed by atoms with van der Waals surface area (Å²) in [6.45, 7) is 7.74. The van der Waals surface area contributed by atoms with E-state index in [0.29, 0.717) is 5.92 Å². The first-order valence-corrected chi connectivity index (χ1v) is 15.2. The molecular weight excluding hydrogens is 532 g/mol. The number of pyridine rings is 1. The zero-order chi connectivity index (χ0) is 25.4. The van der Waals surface area contributed by atoms with Gasteiger partial charge in [0.15, 0.2) is 11.0 Å². The lowest BCUT2D eigenvalue weighted by molar-refractivity contribution is 0.282. The van der Waals surface area contributed by atoms with E-state index in [2.05, 4.69) is 75.0 Å². The second-order valence-electron chi connectivity index (χ2n) is 10.2. The number of thioether (sulfide) groups is 1. The van der Waals surface area contributed by atoms with Crippen LogP contribution in [0.15, 0.2) is 41.1 Å². The standard InChI is InChI=1S/C29H34N6S2.ClH/c1-4-27-31-25-17-20-11-14-35(15-12-21(20)18-26(25)37-27)13-6-16-36-29-33-32-28(34(29)3)23-7-5-8-24-22(23)10-9-19(2)30-24;/h5,7-10,18,20H,4,6,11-17H2,1-3H3;1H. The molecule has 0 spiro atoms. The number of hydrogen-bond acceptors (Lipinski definition) is 7. The number of rotatable bonds is 7. The molecule has 1 saturated heterocycles. The first kappa shape index (κ1) is 27.3. The van der Waals surface area contributed by atoms with Gasteiger partial charge in [0.25, 0.3) is 0 Å². The average molecular weight is 567 g/mol. The normalized spacial score (nSPS) is 17.4. The van der Waals surface area contributed by atoms with Crippen LogP contribution < -0.4 is 0 Å². The van der Waals surface area contributed by atoms with Crippen molar-refractivity contribution in [1.82, 2.24) is 29.6 Å². The van der Waals surface area contributed by atoms with Crippen LogP contribution in [0.4, 0.5) is 0 Å². The van der Waals surface area contributed by atoms with Crippen molar-refractivity contribution in [2.45, 2.75) is 51.1 Å². The molecule has 0 radical (unpaired) electrons. The topological polar surface area (TPSA) is 59.7 Å². The molecule has 1 unspecified atom stereocenters. The Labute approximate surface area is 239 Å². The van der Waals surface area contributed by atoms with Crippen LogP contribution >= 0.6 is 35.5 Å². The van der Waals surface area contributed by atoms with E-state index in [4.69, 9.17) is 4.98 Å². The Balaban J connectivity index is 0.00000294. The summed E-state index contributed by atoms with van der Waals surface area (Å²) in [4.78, 5) is 13.6. The summed E-state index contributed by atoms with van der Waals surface area (Å²) in [6.07, 6.45) is 8.27. The molecular formula is C29H35ClN6S2. The highest BCUT2D eigenvalue weighted by atomic mass is 35.5. The largest absolute Gasteiger partial charge is 0.305 e. The Hall–Kier alpha value is -2.26. The number of aryl methyl sites for hydroxylation is 2. The van der Waals surface area contributed by atoms with Gasteiger partial charge in [-0.1, -0.05) is 42.5 Å². The van der Waals surface area contributed by atoms with Gasteiger partial charge in [0.2, 0.25) is 0 Å². The van der Waals surface area contributed by atoms with E-state index in [0.717, 1.165) is 64.7 Å². The Kier molecular flexibility index (Phi) is 8.53. The van der Waals surface area contributed by atoms with Crippen molar-refractivity contribution < 1.29 is 0 Å². The zero-order valence-corrected chi connectivity index (χ0v) is 24.8. The van der Waals surface area contributed by atoms with Crippen molar-refractivity contribution in [3.63, 3.8) is 0 Å². The van der Waals surface area contributed by atoms with Gasteiger partial charge >= 0.3 is 0 Å². The van der Waals surface area contributed by atoms with Crippen molar-refractivity contribution >= 4 is 52.5 Å².